The monoisotopic (exact) mass is 268 g/mol. The fourth-order valence-electron chi connectivity index (χ4n) is 1.92. The van der Waals surface area contributed by atoms with Crippen molar-refractivity contribution in [1.82, 2.24) is 4.90 Å². The van der Waals surface area contributed by atoms with Gasteiger partial charge >= 0.3 is 0 Å². The minimum absolute atomic E-state index is 0.202. The first-order valence-corrected chi connectivity index (χ1v) is 6.10. The molecule has 1 amide bonds. The summed E-state index contributed by atoms with van der Waals surface area (Å²) in [6, 6.07) is 14.6. The molecule has 2 aromatic rings. The van der Waals surface area contributed by atoms with Crippen molar-refractivity contribution in [3.8, 4) is 6.07 Å². The Kier molecular flexibility index (Phi) is 4.11. The minimum Gasteiger partial charge on any atom is -0.337 e. The van der Waals surface area contributed by atoms with Crippen molar-refractivity contribution in [1.29, 1.82) is 5.26 Å². The Morgan fingerprint density at radius 1 is 1.25 bits per heavy atom. The van der Waals surface area contributed by atoms with E-state index in [4.69, 9.17) is 5.26 Å². The zero-order chi connectivity index (χ0) is 14.5. The van der Waals surface area contributed by atoms with Crippen LogP contribution in [-0.4, -0.2) is 17.9 Å². The van der Waals surface area contributed by atoms with Crippen molar-refractivity contribution in [3.05, 3.63) is 71.0 Å². The number of hydrogen-bond donors (Lipinski definition) is 0. The zero-order valence-electron chi connectivity index (χ0n) is 11.0. The molecule has 0 aromatic heterocycles. The van der Waals surface area contributed by atoms with E-state index in [0.717, 1.165) is 5.56 Å². The molecular weight excluding hydrogens is 255 g/mol. The lowest BCUT2D eigenvalue weighted by atomic mass is 10.1. The second-order valence-electron chi connectivity index (χ2n) is 4.48. The van der Waals surface area contributed by atoms with Crippen LogP contribution < -0.4 is 0 Å². The van der Waals surface area contributed by atoms with E-state index in [1.54, 1.807) is 43.4 Å². The number of carbonyl (C=O) groups excluding carboxylic acids is 1. The highest BCUT2D eigenvalue weighted by Gasteiger charge is 2.12. The molecule has 0 radical (unpaired) electrons. The van der Waals surface area contributed by atoms with Gasteiger partial charge < -0.3 is 4.90 Å². The molecule has 0 saturated heterocycles. The van der Waals surface area contributed by atoms with E-state index in [2.05, 4.69) is 0 Å². The van der Waals surface area contributed by atoms with Crippen molar-refractivity contribution in [2.75, 3.05) is 7.05 Å². The van der Waals surface area contributed by atoms with Crippen molar-refractivity contribution < 1.29 is 9.18 Å². The van der Waals surface area contributed by atoms with Crippen molar-refractivity contribution in [2.24, 2.45) is 0 Å². The summed E-state index contributed by atoms with van der Waals surface area (Å²) >= 11 is 0. The molecule has 0 spiro atoms. The number of amides is 1. The molecule has 4 heteroatoms. The van der Waals surface area contributed by atoms with Gasteiger partial charge in [-0.2, -0.15) is 5.26 Å². The molecule has 0 aliphatic carbocycles. The van der Waals surface area contributed by atoms with Crippen LogP contribution in [0.25, 0.3) is 0 Å². The first-order chi connectivity index (χ1) is 9.60. The highest BCUT2D eigenvalue weighted by molar-refractivity contribution is 5.94. The van der Waals surface area contributed by atoms with Gasteiger partial charge in [0.2, 0.25) is 0 Å². The van der Waals surface area contributed by atoms with Crippen molar-refractivity contribution in [3.63, 3.8) is 0 Å². The average Bonchev–Trinajstić information content (AvgIpc) is 2.46. The Morgan fingerprint density at radius 2 is 2.00 bits per heavy atom. The van der Waals surface area contributed by atoms with Crippen LogP contribution in [0.3, 0.4) is 0 Å². The Hall–Kier alpha value is -2.67. The van der Waals surface area contributed by atoms with E-state index >= 15 is 0 Å². The van der Waals surface area contributed by atoms with E-state index < -0.39 is 0 Å². The molecule has 100 valence electrons. The third kappa shape index (κ3) is 3.21. The summed E-state index contributed by atoms with van der Waals surface area (Å²) in [5.74, 6) is -0.527. The second kappa shape index (κ2) is 5.98. The molecule has 0 aliphatic rings. The molecule has 0 N–H and O–H groups in total. The van der Waals surface area contributed by atoms with Gasteiger partial charge in [0.25, 0.3) is 5.91 Å². The Morgan fingerprint density at radius 3 is 2.70 bits per heavy atom. The topological polar surface area (TPSA) is 44.1 Å². The van der Waals surface area contributed by atoms with Gasteiger partial charge in [-0.1, -0.05) is 18.2 Å². The maximum absolute atomic E-state index is 13.1. The van der Waals surface area contributed by atoms with E-state index in [-0.39, 0.29) is 11.7 Å². The van der Waals surface area contributed by atoms with E-state index in [1.807, 2.05) is 6.07 Å². The van der Waals surface area contributed by atoms with E-state index in [0.29, 0.717) is 17.7 Å². The van der Waals surface area contributed by atoms with E-state index in [9.17, 15) is 9.18 Å². The van der Waals surface area contributed by atoms with Crippen molar-refractivity contribution in [2.45, 2.75) is 6.54 Å². The average molecular weight is 268 g/mol. The maximum atomic E-state index is 13.1. The SMILES string of the molecule is CN(Cc1cccc(F)c1)C(=O)c1cccc(C#N)c1. The van der Waals surface area contributed by atoms with Crippen LogP contribution in [0.15, 0.2) is 48.5 Å². The maximum Gasteiger partial charge on any atom is 0.253 e. The molecule has 0 aliphatic heterocycles. The summed E-state index contributed by atoms with van der Waals surface area (Å²) < 4.78 is 13.1. The van der Waals surface area contributed by atoms with Crippen LogP contribution in [0.4, 0.5) is 4.39 Å². The number of rotatable bonds is 3. The third-order valence-corrected chi connectivity index (χ3v) is 2.89. The molecule has 0 atom stereocenters. The second-order valence-corrected chi connectivity index (χ2v) is 4.48. The first-order valence-electron chi connectivity index (χ1n) is 6.10. The predicted molar refractivity (Wildman–Crippen MR) is 73.4 cm³/mol. The van der Waals surface area contributed by atoms with Gasteiger partial charge in [-0.25, -0.2) is 4.39 Å². The molecule has 0 unspecified atom stereocenters. The quantitative estimate of drug-likeness (QED) is 0.859. The molecule has 0 heterocycles. The normalized spacial score (nSPS) is 9.85. The highest BCUT2D eigenvalue weighted by Crippen LogP contribution is 2.11. The summed E-state index contributed by atoms with van der Waals surface area (Å²) in [6.45, 7) is 0.313. The van der Waals surface area contributed by atoms with Crippen LogP contribution in [0.5, 0.6) is 0 Å². The molecular formula is C16H13FN2O. The fraction of sp³-hybridized carbons (Fsp3) is 0.125. The predicted octanol–water partition coefficient (Wildman–Crippen LogP) is 2.97. The number of benzene rings is 2. The molecule has 0 fully saturated rings. The van der Waals surface area contributed by atoms with Crippen LogP contribution >= 0.6 is 0 Å². The largest absolute Gasteiger partial charge is 0.337 e. The number of carbonyl (C=O) groups is 1. The molecule has 20 heavy (non-hydrogen) atoms. The van der Waals surface area contributed by atoms with Gasteiger partial charge in [-0.05, 0) is 35.9 Å². The van der Waals surface area contributed by atoms with E-state index in [1.165, 1.54) is 17.0 Å². The summed E-state index contributed by atoms with van der Waals surface area (Å²) in [7, 11) is 1.65. The summed E-state index contributed by atoms with van der Waals surface area (Å²) in [5.41, 5.74) is 1.61. The minimum atomic E-state index is -0.324. The van der Waals surface area contributed by atoms with Gasteiger partial charge in [0.15, 0.2) is 0 Å². The lowest BCUT2D eigenvalue weighted by molar-refractivity contribution is 0.0785. The lowest BCUT2D eigenvalue weighted by Gasteiger charge is -2.17. The molecule has 3 nitrogen and oxygen atoms in total. The Bertz CT molecular complexity index is 676. The lowest BCUT2D eigenvalue weighted by Crippen LogP contribution is -2.26. The number of nitrogens with zero attached hydrogens (tertiary/aromatic N) is 2. The first kappa shape index (κ1) is 13.8. The van der Waals surface area contributed by atoms with Crippen LogP contribution in [-0.2, 0) is 6.54 Å². The summed E-state index contributed by atoms with van der Waals surface area (Å²) in [4.78, 5) is 13.7. The van der Waals surface area contributed by atoms with Crippen LogP contribution in [0.1, 0.15) is 21.5 Å². The third-order valence-electron chi connectivity index (χ3n) is 2.89. The van der Waals surface area contributed by atoms with Crippen LogP contribution in [0.2, 0.25) is 0 Å². The molecule has 2 rings (SSSR count). The zero-order valence-corrected chi connectivity index (χ0v) is 11.0. The van der Waals surface area contributed by atoms with Gasteiger partial charge in [-0.15, -0.1) is 0 Å². The number of nitriles is 1. The van der Waals surface area contributed by atoms with Gasteiger partial charge in [0.05, 0.1) is 11.6 Å². The van der Waals surface area contributed by atoms with Crippen molar-refractivity contribution >= 4 is 5.91 Å². The molecule has 0 saturated carbocycles. The van der Waals surface area contributed by atoms with Gasteiger partial charge in [0.1, 0.15) is 5.82 Å². The fourth-order valence-corrected chi connectivity index (χ4v) is 1.92. The number of halogens is 1. The number of hydrogen-bond acceptors (Lipinski definition) is 2. The summed E-state index contributed by atoms with van der Waals surface area (Å²) in [6.07, 6.45) is 0. The van der Waals surface area contributed by atoms with Gasteiger partial charge in [-0.3, -0.25) is 4.79 Å². The Labute approximate surface area is 116 Å². The summed E-state index contributed by atoms with van der Waals surface area (Å²) in [5, 5.41) is 8.83. The van der Waals surface area contributed by atoms with Gasteiger partial charge in [0, 0.05) is 19.2 Å². The Balaban J connectivity index is 2.14. The van der Waals surface area contributed by atoms with Crippen LogP contribution in [0, 0.1) is 17.1 Å². The molecule has 2 aromatic carbocycles. The highest BCUT2D eigenvalue weighted by atomic mass is 19.1. The molecule has 0 bridgehead atoms. The standard InChI is InChI=1S/C16H13FN2O/c1-19(11-13-5-3-7-15(17)9-13)16(20)14-6-2-4-12(8-14)10-18/h2-9H,11H2,1H3. The smallest absolute Gasteiger partial charge is 0.253 e.